The van der Waals surface area contributed by atoms with Gasteiger partial charge in [0.1, 0.15) is 6.04 Å². The monoisotopic (exact) mass is 781 g/mol. The smallest absolute Gasteiger partial charge is 0.262 e. The van der Waals surface area contributed by atoms with Crippen molar-refractivity contribution in [2.24, 2.45) is 7.05 Å². The van der Waals surface area contributed by atoms with Crippen molar-refractivity contribution < 1.29 is 24.0 Å². The van der Waals surface area contributed by atoms with Gasteiger partial charge in [0.05, 0.1) is 23.1 Å². The van der Waals surface area contributed by atoms with Gasteiger partial charge in [0.15, 0.2) is 11.5 Å². The molecule has 5 amide bonds. The first kappa shape index (κ1) is 36.9. The summed E-state index contributed by atoms with van der Waals surface area (Å²) in [5.74, 6) is -0.872. The van der Waals surface area contributed by atoms with E-state index in [4.69, 9.17) is 4.98 Å². The molecule has 0 saturated carbocycles. The Morgan fingerprint density at radius 3 is 2.41 bits per heavy atom. The summed E-state index contributed by atoms with van der Waals surface area (Å²) < 4.78 is 1.74. The van der Waals surface area contributed by atoms with Crippen molar-refractivity contribution in [3.8, 4) is 0 Å². The highest BCUT2D eigenvalue weighted by Crippen LogP contribution is 2.32. The van der Waals surface area contributed by atoms with Gasteiger partial charge in [0, 0.05) is 76.0 Å². The maximum Gasteiger partial charge on any atom is 0.262 e. The van der Waals surface area contributed by atoms with Gasteiger partial charge in [-0.25, -0.2) is 9.67 Å². The molecule has 0 spiro atoms. The van der Waals surface area contributed by atoms with Gasteiger partial charge in [-0.1, -0.05) is 24.3 Å². The van der Waals surface area contributed by atoms with Crippen LogP contribution in [0, 0.1) is 13.8 Å². The van der Waals surface area contributed by atoms with Crippen molar-refractivity contribution in [1.29, 1.82) is 0 Å². The third kappa shape index (κ3) is 6.78. The quantitative estimate of drug-likeness (QED) is 0.195. The highest BCUT2D eigenvalue weighted by Gasteiger charge is 2.45. The molecular weight excluding hydrogens is 739 g/mol. The lowest BCUT2D eigenvalue weighted by Gasteiger charge is -2.37. The number of imide groups is 2. The number of hydrogen-bond donors (Lipinski definition) is 3. The van der Waals surface area contributed by atoms with Gasteiger partial charge in [-0.05, 0) is 79.3 Å². The van der Waals surface area contributed by atoms with Gasteiger partial charge in [0.2, 0.25) is 23.7 Å². The number of benzene rings is 3. The first-order valence-electron chi connectivity index (χ1n) is 19.5. The molecule has 2 fully saturated rings. The Morgan fingerprint density at radius 1 is 0.862 bits per heavy atom. The summed E-state index contributed by atoms with van der Waals surface area (Å²) in [5, 5.41) is 14.5. The largest absolute Gasteiger partial charge is 0.369 e. The number of hydrogen-bond acceptors (Lipinski definition) is 12. The van der Waals surface area contributed by atoms with E-state index in [9.17, 15) is 24.0 Å². The minimum absolute atomic E-state index is 0.0711. The number of piperazine rings is 1. The molecule has 2 aromatic heterocycles. The van der Waals surface area contributed by atoms with E-state index >= 15 is 0 Å². The Labute approximate surface area is 334 Å². The van der Waals surface area contributed by atoms with E-state index in [1.54, 1.807) is 23.0 Å². The fraction of sp³-hybridized carbons (Fsp3) is 0.333. The van der Waals surface area contributed by atoms with Crippen LogP contribution in [0.4, 0.5) is 28.8 Å². The molecule has 3 aromatic carbocycles. The molecule has 6 heterocycles. The normalized spacial score (nSPS) is 18.4. The van der Waals surface area contributed by atoms with Crippen molar-refractivity contribution in [1.82, 2.24) is 39.8 Å². The molecule has 5 aromatic rings. The van der Waals surface area contributed by atoms with Crippen LogP contribution in [0.3, 0.4) is 0 Å². The van der Waals surface area contributed by atoms with Crippen LogP contribution in [0.1, 0.15) is 55.8 Å². The van der Waals surface area contributed by atoms with Crippen LogP contribution < -0.4 is 20.9 Å². The van der Waals surface area contributed by atoms with Gasteiger partial charge in [-0.3, -0.25) is 39.1 Å². The van der Waals surface area contributed by atoms with E-state index in [1.165, 1.54) is 5.56 Å². The van der Waals surface area contributed by atoms with Crippen molar-refractivity contribution >= 4 is 69.4 Å². The van der Waals surface area contributed by atoms with E-state index in [0.717, 1.165) is 50.5 Å². The van der Waals surface area contributed by atoms with Gasteiger partial charge in [-0.2, -0.15) is 10.1 Å². The lowest BCUT2D eigenvalue weighted by Crippen LogP contribution is -2.54. The van der Waals surface area contributed by atoms with E-state index in [2.05, 4.69) is 73.9 Å². The van der Waals surface area contributed by atoms with Crippen molar-refractivity contribution in [3.05, 3.63) is 94.2 Å². The zero-order valence-corrected chi connectivity index (χ0v) is 32.5. The molecule has 4 aliphatic heterocycles. The summed E-state index contributed by atoms with van der Waals surface area (Å²) in [6.07, 6.45) is 2.73. The third-order valence-corrected chi connectivity index (χ3v) is 11.7. The van der Waals surface area contributed by atoms with Crippen LogP contribution in [0.25, 0.3) is 11.0 Å². The average molecular weight is 782 g/mol. The maximum atomic E-state index is 13.6. The van der Waals surface area contributed by atoms with Gasteiger partial charge in [0.25, 0.3) is 11.8 Å². The van der Waals surface area contributed by atoms with Gasteiger partial charge in [-0.15, -0.1) is 0 Å². The number of para-hydroxylation sites is 1. The van der Waals surface area contributed by atoms with Crippen LogP contribution in [-0.2, 0) is 34.4 Å². The summed E-state index contributed by atoms with van der Waals surface area (Å²) in [7, 11) is 1.86. The fourth-order valence-corrected chi connectivity index (χ4v) is 8.41. The molecule has 1 atom stereocenters. The van der Waals surface area contributed by atoms with Crippen LogP contribution in [0.2, 0.25) is 0 Å². The Balaban J connectivity index is 0.802. The molecule has 1 unspecified atom stereocenters. The number of nitrogens with one attached hydrogen (secondary N) is 3. The molecule has 296 valence electrons. The second kappa shape index (κ2) is 14.7. The van der Waals surface area contributed by atoms with E-state index in [0.29, 0.717) is 63.2 Å². The number of aryl methyl sites for hydroxylation is 3. The highest BCUT2D eigenvalue weighted by atomic mass is 16.2. The van der Waals surface area contributed by atoms with Crippen LogP contribution in [0.15, 0.2) is 60.8 Å². The van der Waals surface area contributed by atoms with E-state index in [-0.39, 0.29) is 29.9 Å². The number of carbonyl (C=O) groups excluding carboxylic acids is 5. The lowest BCUT2D eigenvalue weighted by atomic mass is 9.99. The summed E-state index contributed by atoms with van der Waals surface area (Å²) in [6.45, 7) is 8.17. The number of amides is 5. The summed E-state index contributed by atoms with van der Waals surface area (Å²) in [6, 6.07) is 16.5. The first-order valence-corrected chi connectivity index (χ1v) is 19.5. The number of carbonyl (C=O) groups is 5. The van der Waals surface area contributed by atoms with Crippen LogP contribution in [0.5, 0.6) is 0 Å². The minimum Gasteiger partial charge on any atom is -0.369 e. The van der Waals surface area contributed by atoms with Crippen molar-refractivity contribution in [2.75, 3.05) is 54.8 Å². The van der Waals surface area contributed by atoms with Crippen molar-refractivity contribution in [2.45, 2.75) is 45.7 Å². The highest BCUT2D eigenvalue weighted by molar-refractivity contribution is 6.23. The molecule has 0 radical (unpaired) electrons. The second-order valence-electron chi connectivity index (χ2n) is 15.4. The molecule has 4 aliphatic rings. The van der Waals surface area contributed by atoms with Crippen LogP contribution >= 0.6 is 0 Å². The van der Waals surface area contributed by atoms with Gasteiger partial charge >= 0.3 is 0 Å². The molecule has 9 rings (SSSR count). The van der Waals surface area contributed by atoms with E-state index < -0.39 is 29.7 Å². The Hall–Kier alpha value is -6.68. The predicted octanol–water partition coefficient (Wildman–Crippen LogP) is 3.58. The maximum absolute atomic E-state index is 13.6. The predicted molar refractivity (Wildman–Crippen MR) is 216 cm³/mol. The fourth-order valence-electron chi connectivity index (χ4n) is 8.41. The lowest BCUT2D eigenvalue weighted by molar-refractivity contribution is -0.136. The minimum atomic E-state index is -1.00. The number of nitrogens with zero attached hydrogens (tertiary/aromatic N) is 8. The summed E-state index contributed by atoms with van der Waals surface area (Å²) in [4.78, 5) is 80.7. The Bertz CT molecular complexity index is 2520. The van der Waals surface area contributed by atoms with Gasteiger partial charge < -0.3 is 20.4 Å². The molecule has 16 heteroatoms. The standard InChI is InChI=1S/C42H43N11O5/c1-24-5-4-6-25(2)36(24)46-37-32-21-43-42(47-38(32)49(3)48-37)44-28-8-7-26-13-14-52(22-27(26)19-28)35(55)23-50-15-17-51(18-16-50)29-9-10-30-31(20-29)41(58)53(40(30)57)33-11-12-34(54)45-39(33)56/h4-10,19-21,33H,11-18,22-23H2,1-3H3,(H,46,48)(H,43,44,47)(H,45,54,56). The number of piperidine rings is 1. The zero-order chi connectivity index (χ0) is 40.2. The summed E-state index contributed by atoms with van der Waals surface area (Å²) in [5.41, 5.74) is 8.40. The van der Waals surface area contributed by atoms with E-state index in [1.807, 2.05) is 30.1 Å². The third-order valence-electron chi connectivity index (χ3n) is 11.7. The number of fused-ring (bicyclic) bond motifs is 3. The molecule has 3 N–H and O–H groups in total. The molecule has 16 nitrogen and oxygen atoms in total. The number of aromatic nitrogens is 4. The summed E-state index contributed by atoms with van der Waals surface area (Å²) >= 11 is 0. The Morgan fingerprint density at radius 2 is 1.64 bits per heavy atom. The van der Waals surface area contributed by atoms with Crippen molar-refractivity contribution in [3.63, 3.8) is 0 Å². The second-order valence-corrected chi connectivity index (χ2v) is 15.4. The molecular formula is C42H43N11O5. The molecule has 0 aliphatic carbocycles. The first-order chi connectivity index (χ1) is 28.0. The molecule has 58 heavy (non-hydrogen) atoms. The topological polar surface area (TPSA) is 178 Å². The Kier molecular flexibility index (Phi) is 9.35. The molecule has 2 saturated heterocycles. The number of anilines is 5. The SMILES string of the molecule is Cc1cccc(C)c1Nc1nn(C)c2nc(Nc3ccc4c(c3)CN(C(=O)CN3CCN(c5ccc6c(c5)C(=O)N(C5CCC(=O)NC5=O)C6=O)CC3)CC4)ncc12. The van der Waals surface area contributed by atoms with Crippen LogP contribution in [-0.4, -0.2) is 109 Å². The average Bonchev–Trinajstić information content (AvgIpc) is 3.66. The zero-order valence-electron chi connectivity index (χ0n) is 32.5. The molecule has 0 bridgehead atoms. The number of rotatable bonds is 8.